The molecule has 1 amide bonds. The van der Waals surface area contributed by atoms with Crippen LogP contribution in [-0.2, 0) is 4.79 Å². The first-order chi connectivity index (χ1) is 8.16. The maximum Gasteiger partial charge on any atom is 0.235 e. The van der Waals surface area contributed by atoms with Crippen LogP contribution in [0.2, 0.25) is 0 Å². The van der Waals surface area contributed by atoms with Crippen molar-refractivity contribution < 1.29 is 4.79 Å². The van der Waals surface area contributed by atoms with Crippen molar-refractivity contribution in [2.75, 3.05) is 11.1 Å². The van der Waals surface area contributed by atoms with Gasteiger partial charge in [0.25, 0.3) is 0 Å². The fraction of sp³-hybridized carbons (Fsp3) is 0.273. The van der Waals surface area contributed by atoms with E-state index in [-0.39, 0.29) is 5.91 Å². The van der Waals surface area contributed by atoms with Crippen LogP contribution in [0.25, 0.3) is 0 Å². The summed E-state index contributed by atoms with van der Waals surface area (Å²) in [6, 6.07) is 3.98. The SMILES string of the molecule is Cc1[nH]nc(NC(=O)CSc2cccs2)c1C. The van der Waals surface area contributed by atoms with Crippen molar-refractivity contribution >= 4 is 34.8 Å². The molecular weight excluding hydrogens is 254 g/mol. The summed E-state index contributed by atoms with van der Waals surface area (Å²) in [5.41, 5.74) is 1.96. The second kappa shape index (κ2) is 5.37. The molecule has 0 aromatic carbocycles. The third kappa shape index (κ3) is 3.10. The average molecular weight is 267 g/mol. The molecule has 6 heteroatoms. The fourth-order valence-electron chi connectivity index (χ4n) is 1.26. The number of aromatic nitrogens is 2. The highest BCUT2D eigenvalue weighted by molar-refractivity contribution is 8.01. The van der Waals surface area contributed by atoms with Crippen molar-refractivity contribution in [1.29, 1.82) is 0 Å². The molecule has 2 aromatic rings. The van der Waals surface area contributed by atoms with Gasteiger partial charge in [-0.15, -0.1) is 23.1 Å². The number of carbonyl (C=O) groups is 1. The topological polar surface area (TPSA) is 57.8 Å². The van der Waals surface area contributed by atoms with Crippen molar-refractivity contribution in [2.24, 2.45) is 0 Å². The molecule has 0 aliphatic heterocycles. The summed E-state index contributed by atoms with van der Waals surface area (Å²) in [4.78, 5) is 11.7. The molecule has 2 aromatic heterocycles. The van der Waals surface area contributed by atoms with E-state index in [0.717, 1.165) is 15.5 Å². The number of nitrogens with zero attached hydrogens (tertiary/aromatic N) is 1. The van der Waals surface area contributed by atoms with Crippen LogP contribution in [0.15, 0.2) is 21.7 Å². The largest absolute Gasteiger partial charge is 0.308 e. The van der Waals surface area contributed by atoms with Gasteiger partial charge in [-0.05, 0) is 25.3 Å². The summed E-state index contributed by atoms with van der Waals surface area (Å²) in [6.07, 6.45) is 0. The molecule has 17 heavy (non-hydrogen) atoms. The van der Waals surface area contributed by atoms with Gasteiger partial charge in [0.1, 0.15) is 0 Å². The van der Waals surface area contributed by atoms with E-state index in [1.54, 1.807) is 11.3 Å². The number of aromatic amines is 1. The van der Waals surface area contributed by atoms with Gasteiger partial charge in [-0.2, -0.15) is 5.10 Å². The Hall–Kier alpha value is -1.27. The first kappa shape index (κ1) is 12.2. The normalized spacial score (nSPS) is 10.5. The molecular formula is C11H13N3OS2. The van der Waals surface area contributed by atoms with Gasteiger partial charge in [0.15, 0.2) is 5.82 Å². The van der Waals surface area contributed by atoms with Crippen molar-refractivity contribution in [2.45, 2.75) is 18.1 Å². The molecule has 90 valence electrons. The molecule has 2 rings (SSSR count). The van der Waals surface area contributed by atoms with E-state index in [2.05, 4.69) is 15.5 Å². The zero-order valence-electron chi connectivity index (χ0n) is 9.61. The lowest BCUT2D eigenvalue weighted by molar-refractivity contribution is -0.113. The molecule has 0 spiro atoms. The minimum Gasteiger partial charge on any atom is -0.308 e. The van der Waals surface area contributed by atoms with E-state index in [1.165, 1.54) is 11.8 Å². The van der Waals surface area contributed by atoms with Crippen LogP contribution >= 0.6 is 23.1 Å². The van der Waals surface area contributed by atoms with E-state index < -0.39 is 0 Å². The summed E-state index contributed by atoms with van der Waals surface area (Å²) >= 11 is 3.18. The lowest BCUT2D eigenvalue weighted by Gasteiger charge is -2.01. The van der Waals surface area contributed by atoms with Crippen LogP contribution in [0.1, 0.15) is 11.3 Å². The smallest absolute Gasteiger partial charge is 0.235 e. The van der Waals surface area contributed by atoms with E-state index in [4.69, 9.17) is 0 Å². The Kier molecular flexibility index (Phi) is 3.86. The molecule has 4 nitrogen and oxygen atoms in total. The molecule has 2 N–H and O–H groups in total. The molecule has 0 unspecified atom stereocenters. The van der Waals surface area contributed by atoms with Crippen LogP contribution < -0.4 is 5.32 Å². The van der Waals surface area contributed by atoms with Crippen LogP contribution in [0.4, 0.5) is 5.82 Å². The lowest BCUT2D eigenvalue weighted by atomic mass is 10.3. The summed E-state index contributed by atoms with van der Waals surface area (Å²) in [5.74, 6) is 1.00. The minimum atomic E-state index is -0.0296. The lowest BCUT2D eigenvalue weighted by Crippen LogP contribution is -2.14. The maximum absolute atomic E-state index is 11.7. The van der Waals surface area contributed by atoms with Crippen LogP contribution in [0.5, 0.6) is 0 Å². The van der Waals surface area contributed by atoms with Crippen LogP contribution in [-0.4, -0.2) is 21.9 Å². The third-order valence-electron chi connectivity index (χ3n) is 2.35. The Labute approximate surface area is 108 Å². The summed E-state index contributed by atoms with van der Waals surface area (Å²) in [6.45, 7) is 3.86. The number of thiophene rings is 1. The first-order valence-electron chi connectivity index (χ1n) is 5.14. The predicted molar refractivity (Wildman–Crippen MR) is 71.7 cm³/mol. The highest BCUT2D eigenvalue weighted by Gasteiger charge is 2.09. The Morgan fingerprint density at radius 3 is 3.00 bits per heavy atom. The summed E-state index contributed by atoms with van der Waals surface area (Å²) < 4.78 is 1.15. The molecule has 0 atom stereocenters. The van der Waals surface area contributed by atoms with Gasteiger partial charge in [0.2, 0.25) is 5.91 Å². The first-order valence-corrected chi connectivity index (χ1v) is 7.01. The van der Waals surface area contributed by atoms with Gasteiger partial charge in [0, 0.05) is 11.3 Å². The molecule has 2 heterocycles. The zero-order chi connectivity index (χ0) is 12.3. The Balaban J connectivity index is 1.87. The Bertz CT molecular complexity index is 505. The molecule has 0 saturated carbocycles. The van der Waals surface area contributed by atoms with E-state index in [0.29, 0.717) is 11.6 Å². The molecule has 0 radical (unpaired) electrons. The number of hydrogen-bond donors (Lipinski definition) is 2. The van der Waals surface area contributed by atoms with Crippen molar-refractivity contribution in [1.82, 2.24) is 10.2 Å². The Morgan fingerprint density at radius 1 is 1.59 bits per heavy atom. The second-order valence-corrected chi connectivity index (χ2v) is 5.81. The number of anilines is 1. The Morgan fingerprint density at radius 2 is 2.41 bits per heavy atom. The standard InChI is InChI=1S/C11H13N3OS2/c1-7-8(2)13-14-11(7)12-9(15)6-17-10-4-3-5-16-10/h3-5H,6H2,1-2H3,(H2,12,13,14,15). The summed E-state index contributed by atoms with van der Waals surface area (Å²) in [5, 5.41) is 11.7. The number of amides is 1. The van der Waals surface area contributed by atoms with Gasteiger partial charge in [-0.1, -0.05) is 6.07 Å². The highest BCUT2D eigenvalue weighted by atomic mass is 32.2. The number of aryl methyl sites for hydroxylation is 1. The number of thioether (sulfide) groups is 1. The highest BCUT2D eigenvalue weighted by Crippen LogP contribution is 2.23. The van der Waals surface area contributed by atoms with Gasteiger partial charge in [-0.25, -0.2) is 0 Å². The molecule has 0 fully saturated rings. The van der Waals surface area contributed by atoms with Gasteiger partial charge in [0.05, 0.1) is 9.96 Å². The number of hydrogen-bond acceptors (Lipinski definition) is 4. The van der Waals surface area contributed by atoms with Crippen LogP contribution in [0, 0.1) is 13.8 Å². The number of H-pyrrole nitrogens is 1. The van der Waals surface area contributed by atoms with E-state index in [1.807, 2.05) is 31.4 Å². The molecule has 0 aliphatic rings. The van der Waals surface area contributed by atoms with Crippen molar-refractivity contribution in [3.8, 4) is 0 Å². The van der Waals surface area contributed by atoms with Crippen molar-refractivity contribution in [3.63, 3.8) is 0 Å². The third-order valence-corrected chi connectivity index (χ3v) is 4.48. The second-order valence-electron chi connectivity index (χ2n) is 3.59. The number of rotatable bonds is 4. The van der Waals surface area contributed by atoms with E-state index in [9.17, 15) is 4.79 Å². The monoisotopic (exact) mass is 267 g/mol. The van der Waals surface area contributed by atoms with Crippen LogP contribution in [0.3, 0.4) is 0 Å². The predicted octanol–water partition coefficient (Wildman–Crippen LogP) is 2.82. The number of nitrogens with one attached hydrogen (secondary N) is 2. The zero-order valence-corrected chi connectivity index (χ0v) is 11.2. The number of carbonyl (C=O) groups excluding carboxylic acids is 1. The quantitative estimate of drug-likeness (QED) is 0.837. The van der Waals surface area contributed by atoms with Gasteiger partial charge < -0.3 is 5.32 Å². The van der Waals surface area contributed by atoms with Gasteiger partial charge >= 0.3 is 0 Å². The summed E-state index contributed by atoms with van der Waals surface area (Å²) in [7, 11) is 0. The van der Waals surface area contributed by atoms with Gasteiger partial charge in [-0.3, -0.25) is 9.89 Å². The molecule has 0 aliphatic carbocycles. The fourth-order valence-corrected chi connectivity index (χ4v) is 2.84. The molecule has 0 saturated heterocycles. The van der Waals surface area contributed by atoms with E-state index >= 15 is 0 Å². The minimum absolute atomic E-state index is 0.0296. The molecule has 0 bridgehead atoms. The maximum atomic E-state index is 11.7. The van der Waals surface area contributed by atoms with Crippen molar-refractivity contribution in [3.05, 3.63) is 28.8 Å². The average Bonchev–Trinajstić information content (AvgIpc) is 2.92.